The van der Waals surface area contributed by atoms with Gasteiger partial charge in [0.2, 0.25) is 0 Å². The van der Waals surface area contributed by atoms with Gasteiger partial charge in [0.1, 0.15) is 6.10 Å². The van der Waals surface area contributed by atoms with Crippen LogP contribution in [-0.2, 0) is 6.42 Å². The molecule has 1 atom stereocenters. The van der Waals surface area contributed by atoms with Crippen LogP contribution in [0.3, 0.4) is 0 Å². The second-order valence-electron chi connectivity index (χ2n) is 4.85. The maximum atomic E-state index is 10.5. The Labute approximate surface area is 123 Å². The molecular weight excluding hydrogens is 274 g/mol. The van der Waals surface area contributed by atoms with Gasteiger partial charge in [0.25, 0.3) is 0 Å². The highest BCUT2D eigenvalue weighted by Crippen LogP contribution is 2.32. The van der Waals surface area contributed by atoms with Crippen LogP contribution >= 0.6 is 11.6 Å². The van der Waals surface area contributed by atoms with E-state index in [1.165, 1.54) is 0 Å². The smallest absolute Gasteiger partial charge is 0.106 e. The number of nitrogens with two attached hydrogens (primary N) is 1. The van der Waals surface area contributed by atoms with Gasteiger partial charge in [-0.2, -0.15) is 0 Å². The van der Waals surface area contributed by atoms with Crippen molar-refractivity contribution >= 4 is 17.3 Å². The van der Waals surface area contributed by atoms with Crippen molar-refractivity contribution in [2.24, 2.45) is 0 Å². The van der Waals surface area contributed by atoms with E-state index in [-0.39, 0.29) is 6.61 Å². The minimum atomic E-state index is -0.827. The molecular formula is C16H18ClNO2. The number of nitrogen functional groups attached to an aromatic ring is 1. The van der Waals surface area contributed by atoms with Gasteiger partial charge in [0.15, 0.2) is 0 Å². The predicted molar refractivity (Wildman–Crippen MR) is 81.9 cm³/mol. The highest BCUT2D eigenvalue weighted by atomic mass is 35.5. The highest BCUT2D eigenvalue weighted by molar-refractivity contribution is 6.30. The normalized spacial score (nSPS) is 12.4. The number of aliphatic hydroxyl groups excluding tert-OH is 2. The van der Waals surface area contributed by atoms with E-state index in [9.17, 15) is 5.11 Å². The molecule has 0 aliphatic rings. The number of hydrogen-bond acceptors (Lipinski definition) is 3. The molecule has 1 unspecified atom stereocenters. The Bertz CT molecular complexity index is 596. The fourth-order valence-corrected chi connectivity index (χ4v) is 2.43. The molecule has 0 amide bonds. The van der Waals surface area contributed by atoms with Crippen LogP contribution in [0.2, 0.25) is 5.02 Å². The lowest BCUT2D eigenvalue weighted by molar-refractivity contribution is 0.221. The van der Waals surface area contributed by atoms with Crippen LogP contribution in [-0.4, -0.2) is 16.8 Å². The minimum Gasteiger partial charge on any atom is -0.398 e. The lowest BCUT2D eigenvalue weighted by Crippen LogP contribution is -2.07. The lowest BCUT2D eigenvalue weighted by Gasteiger charge is -2.17. The molecule has 4 heteroatoms. The zero-order valence-corrected chi connectivity index (χ0v) is 12.1. The molecule has 0 radical (unpaired) electrons. The second-order valence-corrected chi connectivity index (χ2v) is 5.29. The van der Waals surface area contributed by atoms with E-state index >= 15 is 0 Å². The van der Waals surface area contributed by atoms with E-state index in [1.807, 2.05) is 31.2 Å². The minimum absolute atomic E-state index is 0.00932. The number of benzene rings is 2. The monoisotopic (exact) mass is 291 g/mol. The summed E-state index contributed by atoms with van der Waals surface area (Å²) < 4.78 is 0. The Balaban J connectivity index is 2.43. The molecule has 0 aliphatic carbocycles. The van der Waals surface area contributed by atoms with Crippen LogP contribution in [0.5, 0.6) is 0 Å². The summed E-state index contributed by atoms with van der Waals surface area (Å²) in [5, 5.41) is 20.0. The van der Waals surface area contributed by atoms with E-state index in [0.29, 0.717) is 22.7 Å². The topological polar surface area (TPSA) is 66.5 Å². The molecule has 0 bridgehead atoms. The Hall–Kier alpha value is -1.55. The van der Waals surface area contributed by atoms with Crippen molar-refractivity contribution in [3.63, 3.8) is 0 Å². The van der Waals surface area contributed by atoms with Gasteiger partial charge in [-0.25, -0.2) is 0 Å². The van der Waals surface area contributed by atoms with Crippen LogP contribution in [0.1, 0.15) is 28.4 Å². The van der Waals surface area contributed by atoms with E-state index in [0.717, 1.165) is 16.7 Å². The number of aliphatic hydroxyl groups is 2. The van der Waals surface area contributed by atoms with Crippen molar-refractivity contribution in [2.75, 3.05) is 12.3 Å². The Morgan fingerprint density at radius 2 is 1.85 bits per heavy atom. The first-order valence-electron chi connectivity index (χ1n) is 6.46. The highest BCUT2D eigenvalue weighted by Gasteiger charge is 2.16. The largest absolute Gasteiger partial charge is 0.398 e. The maximum absolute atomic E-state index is 10.5. The SMILES string of the molecule is Cc1ccc(C(O)c2cc(Cl)cc(CCO)c2N)cc1. The van der Waals surface area contributed by atoms with Gasteiger partial charge in [-0.05, 0) is 36.6 Å². The van der Waals surface area contributed by atoms with Gasteiger partial charge < -0.3 is 15.9 Å². The van der Waals surface area contributed by atoms with Gasteiger partial charge in [-0.15, -0.1) is 0 Å². The number of rotatable bonds is 4. The number of halogens is 1. The van der Waals surface area contributed by atoms with Crippen LogP contribution in [0.15, 0.2) is 36.4 Å². The van der Waals surface area contributed by atoms with E-state index in [4.69, 9.17) is 22.4 Å². The van der Waals surface area contributed by atoms with Gasteiger partial charge >= 0.3 is 0 Å². The molecule has 0 saturated heterocycles. The third kappa shape index (κ3) is 3.12. The summed E-state index contributed by atoms with van der Waals surface area (Å²) in [6, 6.07) is 11.0. The van der Waals surface area contributed by atoms with Crippen molar-refractivity contribution in [3.05, 3.63) is 63.7 Å². The van der Waals surface area contributed by atoms with Crippen molar-refractivity contribution in [2.45, 2.75) is 19.4 Å². The molecule has 0 aromatic heterocycles. The molecule has 106 valence electrons. The van der Waals surface area contributed by atoms with Crippen molar-refractivity contribution in [1.29, 1.82) is 0 Å². The Morgan fingerprint density at radius 3 is 2.45 bits per heavy atom. The molecule has 0 fully saturated rings. The summed E-state index contributed by atoms with van der Waals surface area (Å²) in [4.78, 5) is 0. The number of anilines is 1. The summed E-state index contributed by atoms with van der Waals surface area (Å²) in [5.74, 6) is 0. The maximum Gasteiger partial charge on any atom is 0.106 e. The summed E-state index contributed by atoms with van der Waals surface area (Å²) in [5.41, 5.74) is 9.77. The van der Waals surface area contributed by atoms with E-state index < -0.39 is 6.10 Å². The van der Waals surface area contributed by atoms with Crippen molar-refractivity contribution < 1.29 is 10.2 Å². The first kappa shape index (κ1) is 14.9. The molecule has 0 aliphatic heterocycles. The standard InChI is InChI=1S/C16H18ClNO2/c1-10-2-4-11(5-3-10)16(20)14-9-13(17)8-12(6-7-19)15(14)18/h2-5,8-9,16,19-20H,6-7,18H2,1H3. The molecule has 0 heterocycles. The van der Waals surface area contributed by atoms with E-state index in [2.05, 4.69) is 0 Å². The fourth-order valence-electron chi connectivity index (χ4n) is 2.18. The summed E-state index contributed by atoms with van der Waals surface area (Å²) >= 11 is 6.07. The van der Waals surface area contributed by atoms with Crippen LogP contribution in [0.25, 0.3) is 0 Å². The molecule has 2 aromatic rings. The fraction of sp³-hybridized carbons (Fsp3) is 0.250. The molecule has 20 heavy (non-hydrogen) atoms. The van der Waals surface area contributed by atoms with Crippen LogP contribution < -0.4 is 5.73 Å². The molecule has 2 aromatic carbocycles. The zero-order chi connectivity index (χ0) is 14.7. The molecule has 3 nitrogen and oxygen atoms in total. The van der Waals surface area contributed by atoms with Crippen molar-refractivity contribution in [3.8, 4) is 0 Å². The first-order chi connectivity index (χ1) is 9.52. The van der Waals surface area contributed by atoms with Gasteiger partial charge in [-0.1, -0.05) is 41.4 Å². The van der Waals surface area contributed by atoms with Crippen molar-refractivity contribution in [1.82, 2.24) is 0 Å². The second kappa shape index (κ2) is 6.27. The number of aryl methyl sites for hydroxylation is 1. The summed E-state index contributed by atoms with van der Waals surface area (Å²) in [7, 11) is 0. The molecule has 4 N–H and O–H groups in total. The first-order valence-corrected chi connectivity index (χ1v) is 6.84. The Morgan fingerprint density at radius 1 is 1.20 bits per heavy atom. The van der Waals surface area contributed by atoms with Gasteiger partial charge in [0, 0.05) is 22.9 Å². The van der Waals surface area contributed by atoms with Crippen LogP contribution in [0, 0.1) is 6.92 Å². The Kier molecular flexibility index (Phi) is 4.65. The third-order valence-electron chi connectivity index (χ3n) is 3.33. The summed E-state index contributed by atoms with van der Waals surface area (Å²) in [6.07, 6.45) is -0.410. The average Bonchev–Trinajstić information content (AvgIpc) is 2.43. The summed E-state index contributed by atoms with van der Waals surface area (Å²) in [6.45, 7) is 1.98. The third-order valence-corrected chi connectivity index (χ3v) is 3.55. The van der Waals surface area contributed by atoms with E-state index in [1.54, 1.807) is 12.1 Å². The lowest BCUT2D eigenvalue weighted by atomic mass is 9.96. The zero-order valence-electron chi connectivity index (χ0n) is 11.3. The molecule has 0 spiro atoms. The van der Waals surface area contributed by atoms with Gasteiger partial charge in [-0.3, -0.25) is 0 Å². The predicted octanol–water partition coefficient (Wildman–Crippen LogP) is 2.85. The van der Waals surface area contributed by atoms with Crippen LogP contribution in [0.4, 0.5) is 5.69 Å². The average molecular weight is 292 g/mol. The molecule has 0 saturated carbocycles. The number of hydrogen-bond donors (Lipinski definition) is 3. The van der Waals surface area contributed by atoms with Gasteiger partial charge in [0.05, 0.1) is 0 Å². The molecule has 2 rings (SSSR count). The quantitative estimate of drug-likeness (QED) is 0.759.